The topological polar surface area (TPSA) is 70.4 Å². The van der Waals surface area contributed by atoms with Crippen molar-refractivity contribution in [2.45, 2.75) is 44.8 Å². The zero-order chi connectivity index (χ0) is 16.2. The maximum Gasteiger partial charge on any atom is 0.311 e. The highest BCUT2D eigenvalue weighted by molar-refractivity contribution is 5.87. The van der Waals surface area contributed by atoms with Gasteiger partial charge in [-0.15, -0.1) is 0 Å². The highest BCUT2D eigenvalue weighted by Crippen LogP contribution is 2.30. The first-order valence-electron chi connectivity index (χ1n) is 8.13. The molecule has 0 bridgehead atoms. The third kappa shape index (κ3) is 3.37. The summed E-state index contributed by atoms with van der Waals surface area (Å²) < 4.78 is 5.34. The summed E-state index contributed by atoms with van der Waals surface area (Å²) in [5.74, 6) is -0.653. The van der Waals surface area contributed by atoms with Gasteiger partial charge in [-0.3, -0.25) is 9.59 Å². The summed E-state index contributed by atoms with van der Waals surface area (Å²) in [5.41, 5.74) is 1.20. The Morgan fingerprint density at radius 2 is 2.04 bits per heavy atom. The van der Waals surface area contributed by atoms with Gasteiger partial charge in [0.15, 0.2) is 0 Å². The Kier molecular flexibility index (Phi) is 4.61. The van der Waals surface area contributed by atoms with Gasteiger partial charge in [0.05, 0.1) is 17.6 Å². The van der Waals surface area contributed by atoms with Crippen LogP contribution in [0.25, 0.3) is 0 Å². The summed E-state index contributed by atoms with van der Waals surface area (Å²) in [5, 5.41) is 9.04. The second kappa shape index (κ2) is 6.82. The van der Waals surface area contributed by atoms with Crippen LogP contribution >= 0.6 is 0 Å². The number of esters is 1. The van der Waals surface area contributed by atoms with Crippen LogP contribution in [0.1, 0.15) is 43.2 Å². The molecule has 1 atom stereocenters. The smallest absolute Gasteiger partial charge is 0.311 e. The van der Waals surface area contributed by atoms with Gasteiger partial charge in [0.2, 0.25) is 5.91 Å². The molecule has 5 nitrogen and oxygen atoms in total. The molecule has 1 aromatic carbocycles. The summed E-state index contributed by atoms with van der Waals surface area (Å²) in [6.07, 6.45) is 4.66. The lowest BCUT2D eigenvalue weighted by atomic mass is 10.1. The maximum absolute atomic E-state index is 12.2. The van der Waals surface area contributed by atoms with Crippen molar-refractivity contribution >= 4 is 11.9 Å². The van der Waals surface area contributed by atoms with Gasteiger partial charge >= 0.3 is 5.97 Å². The molecule has 0 radical (unpaired) electrons. The first-order chi connectivity index (χ1) is 11.2. The van der Waals surface area contributed by atoms with E-state index in [0.29, 0.717) is 23.7 Å². The SMILES string of the molecule is N#Cc1ccccc1COC(=O)[C@@H]1CC(=O)N(C2CCCC2)C1. The van der Waals surface area contributed by atoms with E-state index in [9.17, 15) is 9.59 Å². The van der Waals surface area contributed by atoms with Crippen LogP contribution in [-0.2, 0) is 20.9 Å². The zero-order valence-electron chi connectivity index (χ0n) is 13.0. The normalized spacial score (nSPS) is 21.4. The number of rotatable bonds is 4. The van der Waals surface area contributed by atoms with Crippen molar-refractivity contribution in [3.63, 3.8) is 0 Å². The number of likely N-dealkylation sites (tertiary alicyclic amines) is 1. The van der Waals surface area contributed by atoms with E-state index in [-0.39, 0.29) is 30.8 Å². The van der Waals surface area contributed by atoms with Crippen molar-refractivity contribution in [2.24, 2.45) is 5.92 Å². The number of ether oxygens (including phenoxy) is 1. The molecular formula is C18H20N2O3. The minimum Gasteiger partial charge on any atom is -0.460 e. The molecule has 0 spiro atoms. The van der Waals surface area contributed by atoms with E-state index in [4.69, 9.17) is 10.00 Å². The fourth-order valence-corrected chi connectivity index (χ4v) is 3.48. The van der Waals surface area contributed by atoms with Crippen LogP contribution in [0.4, 0.5) is 0 Å². The first-order valence-corrected chi connectivity index (χ1v) is 8.13. The van der Waals surface area contributed by atoms with E-state index in [0.717, 1.165) is 25.7 Å². The summed E-state index contributed by atoms with van der Waals surface area (Å²) in [4.78, 5) is 26.2. The molecule has 0 unspecified atom stereocenters. The Morgan fingerprint density at radius 3 is 2.78 bits per heavy atom. The molecule has 1 aromatic rings. The van der Waals surface area contributed by atoms with Gasteiger partial charge in [-0.25, -0.2) is 0 Å². The number of nitriles is 1. The van der Waals surface area contributed by atoms with E-state index >= 15 is 0 Å². The lowest BCUT2D eigenvalue weighted by molar-refractivity contribution is -0.149. The van der Waals surface area contributed by atoms with E-state index in [1.54, 1.807) is 18.2 Å². The van der Waals surface area contributed by atoms with E-state index < -0.39 is 0 Å². The molecule has 3 rings (SSSR count). The summed E-state index contributed by atoms with van der Waals surface area (Å²) >= 11 is 0. The third-order valence-corrected chi connectivity index (χ3v) is 4.76. The fraction of sp³-hybridized carbons (Fsp3) is 0.500. The maximum atomic E-state index is 12.2. The second-order valence-electron chi connectivity index (χ2n) is 6.26. The highest BCUT2D eigenvalue weighted by Gasteiger charge is 2.39. The van der Waals surface area contributed by atoms with Gasteiger partial charge in [-0.05, 0) is 18.9 Å². The molecule has 1 saturated heterocycles. The number of nitrogens with zero attached hydrogens (tertiary/aromatic N) is 2. The number of hydrogen-bond acceptors (Lipinski definition) is 4. The number of carbonyl (C=O) groups is 2. The molecule has 1 amide bonds. The Morgan fingerprint density at radius 1 is 1.30 bits per heavy atom. The minimum absolute atomic E-state index is 0.0660. The van der Waals surface area contributed by atoms with Crippen molar-refractivity contribution in [3.05, 3.63) is 35.4 Å². The lowest BCUT2D eigenvalue weighted by Crippen LogP contribution is -2.35. The third-order valence-electron chi connectivity index (χ3n) is 4.76. The van der Waals surface area contributed by atoms with Crippen LogP contribution in [0.15, 0.2) is 24.3 Å². The molecule has 120 valence electrons. The molecule has 0 N–H and O–H groups in total. The molecule has 5 heteroatoms. The molecule has 23 heavy (non-hydrogen) atoms. The minimum atomic E-state index is -0.377. The molecule has 1 saturated carbocycles. The Hall–Kier alpha value is -2.35. The zero-order valence-corrected chi connectivity index (χ0v) is 13.0. The van der Waals surface area contributed by atoms with Crippen LogP contribution < -0.4 is 0 Å². The Balaban J connectivity index is 1.57. The van der Waals surface area contributed by atoms with Crippen molar-refractivity contribution < 1.29 is 14.3 Å². The standard InChI is InChI=1S/C18H20N2O3/c19-10-13-5-1-2-6-14(13)12-23-18(22)15-9-17(21)20(11-15)16-7-3-4-8-16/h1-2,5-6,15-16H,3-4,7-9,11-12H2/t15-/m1/s1. The van der Waals surface area contributed by atoms with Crippen molar-refractivity contribution in [3.8, 4) is 6.07 Å². The van der Waals surface area contributed by atoms with Crippen LogP contribution in [0.3, 0.4) is 0 Å². The van der Waals surface area contributed by atoms with Crippen LogP contribution in [0.2, 0.25) is 0 Å². The Bertz CT molecular complexity index is 644. The van der Waals surface area contributed by atoms with Crippen molar-refractivity contribution in [1.29, 1.82) is 5.26 Å². The summed E-state index contributed by atoms with van der Waals surface area (Å²) in [7, 11) is 0. The summed E-state index contributed by atoms with van der Waals surface area (Å²) in [6, 6.07) is 9.45. The van der Waals surface area contributed by atoms with E-state index in [1.165, 1.54) is 0 Å². The van der Waals surface area contributed by atoms with Crippen LogP contribution in [0, 0.1) is 17.2 Å². The molecule has 2 fully saturated rings. The predicted molar refractivity (Wildman–Crippen MR) is 83.0 cm³/mol. The van der Waals surface area contributed by atoms with Crippen molar-refractivity contribution in [1.82, 2.24) is 4.90 Å². The molecule has 2 aliphatic rings. The predicted octanol–water partition coefficient (Wildman–Crippen LogP) is 2.39. The van der Waals surface area contributed by atoms with Gasteiger partial charge in [-0.1, -0.05) is 31.0 Å². The largest absolute Gasteiger partial charge is 0.460 e. The van der Waals surface area contributed by atoms with Gasteiger partial charge in [-0.2, -0.15) is 5.26 Å². The van der Waals surface area contributed by atoms with Gasteiger partial charge in [0, 0.05) is 24.6 Å². The molecular weight excluding hydrogens is 292 g/mol. The Labute approximate surface area is 135 Å². The summed E-state index contributed by atoms with van der Waals surface area (Å²) in [6.45, 7) is 0.554. The monoisotopic (exact) mass is 312 g/mol. The molecule has 1 aliphatic heterocycles. The number of amides is 1. The highest BCUT2D eigenvalue weighted by atomic mass is 16.5. The average molecular weight is 312 g/mol. The van der Waals surface area contributed by atoms with Crippen LogP contribution in [0.5, 0.6) is 0 Å². The van der Waals surface area contributed by atoms with Gasteiger partial charge in [0.25, 0.3) is 0 Å². The number of carbonyl (C=O) groups excluding carboxylic acids is 2. The number of hydrogen-bond donors (Lipinski definition) is 0. The first kappa shape index (κ1) is 15.5. The fourth-order valence-electron chi connectivity index (χ4n) is 3.48. The lowest BCUT2D eigenvalue weighted by Gasteiger charge is -2.23. The van der Waals surface area contributed by atoms with Crippen molar-refractivity contribution in [2.75, 3.05) is 6.54 Å². The molecule has 0 aromatic heterocycles. The van der Waals surface area contributed by atoms with Gasteiger partial charge < -0.3 is 9.64 Å². The number of benzene rings is 1. The molecule has 1 aliphatic carbocycles. The van der Waals surface area contributed by atoms with Gasteiger partial charge in [0.1, 0.15) is 6.61 Å². The average Bonchev–Trinajstić information content (AvgIpc) is 3.22. The molecule has 1 heterocycles. The second-order valence-corrected chi connectivity index (χ2v) is 6.26. The quantitative estimate of drug-likeness (QED) is 0.800. The van der Waals surface area contributed by atoms with Crippen LogP contribution in [-0.4, -0.2) is 29.4 Å². The van der Waals surface area contributed by atoms with E-state index in [2.05, 4.69) is 6.07 Å². The van der Waals surface area contributed by atoms with E-state index in [1.807, 2.05) is 11.0 Å².